The summed E-state index contributed by atoms with van der Waals surface area (Å²) in [7, 11) is 0. The van der Waals surface area contributed by atoms with Crippen molar-refractivity contribution in [1.82, 2.24) is 9.13 Å². The molecule has 0 radical (unpaired) electrons. The van der Waals surface area contributed by atoms with E-state index < -0.39 is 90.7 Å². The Morgan fingerprint density at radius 3 is 1.47 bits per heavy atom. The van der Waals surface area contributed by atoms with Gasteiger partial charge >= 0.3 is 0 Å². The van der Waals surface area contributed by atoms with Crippen molar-refractivity contribution in [3.8, 4) is 62.0 Å². The number of hydrogen-bond acceptors (Lipinski definition) is 3. The highest BCUT2D eigenvalue weighted by atomic mass is 15.2. The van der Waals surface area contributed by atoms with E-state index in [1.807, 2.05) is 152 Å². The van der Waals surface area contributed by atoms with E-state index in [-0.39, 0.29) is 27.4 Å². The van der Waals surface area contributed by atoms with Crippen LogP contribution in [0.1, 0.15) is 49.7 Å². The van der Waals surface area contributed by atoms with Crippen molar-refractivity contribution in [3.63, 3.8) is 0 Å². The van der Waals surface area contributed by atoms with Gasteiger partial charge in [-0.05, 0) is 140 Å². The first-order valence-corrected chi connectivity index (χ1v) is 29.7. The number of nitriles is 1. The van der Waals surface area contributed by atoms with Crippen molar-refractivity contribution in [2.45, 2.75) is 26.2 Å². The molecule has 0 bridgehead atoms. The van der Waals surface area contributed by atoms with Crippen LogP contribution >= 0.6 is 0 Å². The summed E-state index contributed by atoms with van der Waals surface area (Å²) in [4.78, 5) is 4.38. The number of hydrogen-bond donors (Lipinski definition) is 0. The maximum atomic E-state index is 12.2. The third-order valence-corrected chi connectivity index (χ3v) is 17.8. The van der Waals surface area contributed by atoms with Gasteiger partial charge in [0.05, 0.1) is 56.9 Å². The highest BCUT2D eigenvalue weighted by Gasteiger charge is 2.46. The maximum Gasteiger partial charge on any atom is 0.252 e. The SMILES string of the molecule is [2H]c1c([2H])c([2H])c(-c2ccc3c(c2)N(c2cccc(-n4c5ccccc5c5ccccc54)c2C#N)c2cc(-c4ccccc4)cc4c2B3c2ccc(-n3c5c([2H])c([2H])c([2H])c([2H])c5c5c([2H])c([2H])c([2H])c([2H])c53)cc2N4c2c(-c3ccccc3)cc(C(C)(C)C)cc2-c2ccccc2)c([2H])c1[2H]. The molecule has 0 amide bonds. The molecule has 4 heterocycles. The van der Waals surface area contributed by atoms with Crippen LogP contribution in [0.3, 0.4) is 0 Å². The van der Waals surface area contributed by atoms with Gasteiger partial charge in [-0.25, -0.2) is 0 Å². The first kappa shape index (κ1) is 40.1. The first-order chi connectivity index (χ1) is 49.2. The lowest BCUT2D eigenvalue weighted by Crippen LogP contribution is -2.61. The summed E-state index contributed by atoms with van der Waals surface area (Å²) in [5.41, 5.74) is 15.0. The van der Waals surface area contributed by atoms with E-state index in [0.29, 0.717) is 56.4 Å². The van der Waals surface area contributed by atoms with Gasteiger partial charge in [0.1, 0.15) is 11.6 Å². The van der Waals surface area contributed by atoms with Gasteiger partial charge in [0.2, 0.25) is 0 Å². The van der Waals surface area contributed by atoms with Gasteiger partial charge in [0.25, 0.3) is 6.71 Å². The second-order valence-corrected chi connectivity index (χ2v) is 23.8. The molecule has 0 unspecified atom stereocenters. The Hall–Kier alpha value is -11.4. The monoisotopic (exact) mass is 1150 g/mol. The molecule has 0 spiro atoms. The normalized spacial score (nSPS) is 14.6. The fourth-order valence-electron chi connectivity index (χ4n) is 13.8. The average Bonchev–Trinajstić information content (AvgIpc) is 0.953. The molecular formula is C83H58BN5. The fourth-order valence-corrected chi connectivity index (χ4v) is 13.8. The van der Waals surface area contributed by atoms with E-state index in [1.165, 1.54) is 0 Å². The molecule has 2 aliphatic heterocycles. The predicted molar refractivity (Wildman–Crippen MR) is 374 cm³/mol. The van der Waals surface area contributed by atoms with Crippen molar-refractivity contribution in [2.75, 3.05) is 9.80 Å². The van der Waals surface area contributed by atoms with Crippen LogP contribution < -0.4 is 26.2 Å². The number of rotatable bonds is 8. The number of fused-ring (bicyclic) bond motifs is 10. The Kier molecular flexibility index (Phi) is 9.18. The number of aromatic nitrogens is 2. The van der Waals surface area contributed by atoms with E-state index >= 15 is 0 Å². The fraction of sp³-hybridized carbons (Fsp3) is 0.0482. The number of nitrogens with zero attached hydrogens (tertiary/aromatic N) is 5. The molecule has 0 saturated heterocycles. The van der Waals surface area contributed by atoms with Gasteiger partial charge in [-0.3, -0.25) is 0 Å². The lowest BCUT2D eigenvalue weighted by Gasteiger charge is -2.45. The summed E-state index contributed by atoms with van der Waals surface area (Å²) >= 11 is 0. The Morgan fingerprint density at radius 2 is 0.876 bits per heavy atom. The van der Waals surface area contributed by atoms with Crippen LogP contribution in [0.5, 0.6) is 0 Å². The zero-order valence-corrected chi connectivity index (χ0v) is 48.6. The van der Waals surface area contributed by atoms with E-state index in [2.05, 4.69) is 102 Å². The smallest absolute Gasteiger partial charge is 0.252 e. The summed E-state index contributed by atoms with van der Waals surface area (Å²) in [5.74, 6) is 0. The van der Waals surface area contributed by atoms with Crippen molar-refractivity contribution < 1.29 is 17.8 Å². The van der Waals surface area contributed by atoms with Crippen molar-refractivity contribution >= 4 is 101 Å². The van der Waals surface area contributed by atoms with Crippen LogP contribution in [0.2, 0.25) is 0 Å². The van der Waals surface area contributed by atoms with Gasteiger partial charge in [0.15, 0.2) is 0 Å². The van der Waals surface area contributed by atoms with Crippen LogP contribution in [-0.4, -0.2) is 15.8 Å². The molecular weight excluding hydrogens is 1080 g/mol. The summed E-state index contributed by atoms with van der Waals surface area (Å²) in [6, 6.07) is 69.0. The maximum absolute atomic E-state index is 12.2. The lowest BCUT2D eigenvalue weighted by molar-refractivity contribution is 0.591. The van der Waals surface area contributed by atoms with Crippen LogP contribution in [0.25, 0.3) is 99.5 Å². The van der Waals surface area contributed by atoms with Gasteiger partial charge in [-0.15, -0.1) is 0 Å². The largest absolute Gasteiger partial charge is 0.310 e. The summed E-state index contributed by atoms with van der Waals surface area (Å²) in [5, 5.41) is 14.1. The molecule has 15 aromatic rings. The van der Waals surface area contributed by atoms with Crippen LogP contribution in [0.4, 0.5) is 34.1 Å². The quantitative estimate of drug-likeness (QED) is 0.142. The van der Waals surface area contributed by atoms with Gasteiger partial charge in [-0.2, -0.15) is 5.26 Å². The Labute approximate surface area is 536 Å². The van der Waals surface area contributed by atoms with E-state index in [4.69, 9.17) is 9.60 Å². The molecule has 5 nitrogen and oxygen atoms in total. The van der Waals surface area contributed by atoms with Gasteiger partial charge in [0, 0.05) is 61.1 Å². The van der Waals surface area contributed by atoms with Crippen LogP contribution in [-0.2, 0) is 5.41 Å². The van der Waals surface area contributed by atoms with Gasteiger partial charge in [-0.1, -0.05) is 239 Å². The molecule has 6 heteroatoms. The standard InChI is InChI=1S/C83H58BN5/c1-83(2,3)60-50-66(56-29-12-6-13-30-56)82(67(51-60)57-31-14-7-15-32-57)89-78-52-61(86-71-37-20-16-33-62(71)63-34-17-21-38-72(63)86)44-46-70(78)84-69-45-43-58(54-25-8-4-9-26-54)47-77(69)88(79-48-59(49-80(89)81(79)84)55-27-10-5-11-28-55)76-42-24-41-75(68(76)53-85)87-73-39-22-18-35-64(73)65-36-19-23-40-74(65)87/h4-52H,1-3H3/i4D,8D,9D,16D,17D,20D,21D,25D,26D,33D,34D,37D,38D. The molecule has 0 fully saturated rings. The van der Waals surface area contributed by atoms with Crippen LogP contribution in [0.15, 0.2) is 297 Å². The third kappa shape index (κ3) is 8.16. The summed E-state index contributed by atoms with van der Waals surface area (Å²) < 4.78 is 124. The first-order valence-electron chi connectivity index (χ1n) is 36.2. The van der Waals surface area contributed by atoms with Crippen LogP contribution in [0, 0.1) is 11.3 Å². The Bertz CT molecular complexity index is 5980. The van der Waals surface area contributed by atoms with Crippen molar-refractivity contribution in [2.24, 2.45) is 0 Å². The van der Waals surface area contributed by atoms with Gasteiger partial charge < -0.3 is 18.9 Å². The lowest BCUT2D eigenvalue weighted by atomic mass is 9.33. The number of para-hydroxylation sites is 4. The Balaban J connectivity index is 1.07. The molecule has 13 aromatic carbocycles. The van der Waals surface area contributed by atoms with Crippen molar-refractivity contribution in [1.29, 1.82) is 5.26 Å². The number of benzene rings is 13. The minimum Gasteiger partial charge on any atom is -0.310 e. The zero-order valence-electron chi connectivity index (χ0n) is 61.6. The average molecular weight is 1150 g/mol. The minimum absolute atomic E-state index is 0.0182. The third-order valence-electron chi connectivity index (χ3n) is 17.8. The predicted octanol–water partition coefficient (Wildman–Crippen LogP) is 19.8. The molecule has 17 rings (SSSR count). The highest BCUT2D eigenvalue weighted by molar-refractivity contribution is 7.00. The molecule has 2 aliphatic rings. The summed E-state index contributed by atoms with van der Waals surface area (Å²) in [6.45, 7) is 5.84. The second kappa shape index (κ2) is 20.4. The molecule has 0 N–H and O–H groups in total. The van der Waals surface area contributed by atoms with E-state index in [1.54, 1.807) is 10.6 Å². The van der Waals surface area contributed by atoms with E-state index in [0.717, 1.165) is 77.4 Å². The zero-order chi connectivity index (χ0) is 70.8. The molecule has 0 aliphatic carbocycles. The molecule has 0 atom stereocenters. The molecule has 2 aromatic heterocycles. The summed E-state index contributed by atoms with van der Waals surface area (Å²) in [6.07, 6.45) is 0. The highest BCUT2D eigenvalue weighted by Crippen LogP contribution is 2.53. The molecule has 0 saturated carbocycles. The molecule has 89 heavy (non-hydrogen) atoms. The Morgan fingerprint density at radius 1 is 0.371 bits per heavy atom. The molecule has 418 valence electrons. The minimum atomic E-state index is -0.728. The van der Waals surface area contributed by atoms with E-state index in [9.17, 15) is 13.5 Å². The second-order valence-electron chi connectivity index (χ2n) is 23.8. The topological polar surface area (TPSA) is 40.1 Å². The van der Waals surface area contributed by atoms with Crippen molar-refractivity contribution in [3.05, 3.63) is 308 Å². The number of anilines is 6.